The average molecular weight is 353 g/mol. The third-order valence-corrected chi connectivity index (χ3v) is 4.59. The third-order valence-electron chi connectivity index (χ3n) is 4.59. The number of carbonyl (C=O) groups excluding carboxylic acids is 2. The van der Waals surface area contributed by atoms with Crippen molar-refractivity contribution in [2.24, 2.45) is 0 Å². The van der Waals surface area contributed by atoms with Gasteiger partial charge in [-0.1, -0.05) is 36.9 Å². The molecule has 1 saturated heterocycles. The summed E-state index contributed by atoms with van der Waals surface area (Å²) in [6.45, 7) is 5.11. The highest BCUT2D eigenvalue weighted by Crippen LogP contribution is 2.27. The van der Waals surface area contributed by atoms with E-state index in [-0.39, 0.29) is 17.7 Å². The molecule has 1 aromatic carbocycles. The minimum absolute atomic E-state index is 0.0651. The molecule has 136 valence electrons. The molecular weight excluding hydrogens is 330 g/mol. The number of nitrogens with zero attached hydrogens (tertiary/aromatic N) is 3. The maximum atomic E-state index is 12.2. The van der Waals surface area contributed by atoms with Gasteiger partial charge in [0.1, 0.15) is 5.82 Å². The number of hydrogen-bond donors (Lipinski definition) is 2. The summed E-state index contributed by atoms with van der Waals surface area (Å²) in [6, 6.07) is 9.87. The summed E-state index contributed by atoms with van der Waals surface area (Å²) < 4.78 is 0. The first kappa shape index (κ1) is 17.8. The minimum atomic E-state index is -0.254. The second-order valence-corrected chi connectivity index (χ2v) is 6.31. The largest absolute Gasteiger partial charge is 0.352 e. The number of aromatic amines is 1. The second kappa shape index (κ2) is 8.42. The Hall–Kier alpha value is -2.96. The van der Waals surface area contributed by atoms with E-state index >= 15 is 0 Å². The van der Waals surface area contributed by atoms with Crippen LogP contribution in [0.4, 0.5) is 0 Å². The maximum Gasteiger partial charge on any atom is 0.243 e. The molecule has 2 amide bonds. The van der Waals surface area contributed by atoms with Gasteiger partial charge in [0.2, 0.25) is 11.8 Å². The molecule has 26 heavy (non-hydrogen) atoms. The van der Waals surface area contributed by atoms with Gasteiger partial charge in [-0.25, -0.2) is 4.98 Å². The number of carbonyl (C=O) groups is 2. The fourth-order valence-electron chi connectivity index (χ4n) is 3.10. The highest BCUT2D eigenvalue weighted by atomic mass is 16.2. The molecular formula is C19H23N5O2. The standard InChI is InChI=1S/C19H23N5O2/c1-2-16(25)20-11-8-17(26)24-12-9-15(10-13-24)19-21-18(22-23-19)14-6-4-3-5-7-14/h2-7,15H,1,8-13H2,(H,20,25)(H,21,22,23). The summed E-state index contributed by atoms with van der Waals surface area (Å²) in [7, 11) is 0. The summed E-state index contributed by atoms with van der Waals surface area (Å²) in [5.41, 5.74) is 0.990. The zero-order chi connectivity index (χ0) is 18.4. The van der Waals surface area contributed by atoms with Gasteiger partial charge in [0.25, 0.3) is 0 Å². The van der Waals surface area contributed by atoms with Crippen LogP contribution in [0.15, 0.2) is 43.0 Å². The normalized spacial score (nSPS) is 14.8. The van der Waals surface area contributed by atoms with Gasteiger partial charge in [-0.3, -0.25) is 14.7 Å². The lowest BCUT2D eigenvalue weighted by Crippen LogP contribution is -2.39. The number of benzene rings is 1. The number of hydrogen-bond acceptors (Lipinski definition) is 4. The predicted molar refractivity (Wildman–Crippen MR) is 98.2 cm³/mol. The minimum Gasteiger partial charge on any atom is -0.352 e. The van der Waals surface area contributed by atoms with Gasteiger partial charge in [0, 0.05) is 37.5 Å². The Labute approximate surface area is 152 Å². The smallest absolute Gasteiger partial charge is 0.243 e. The summed E-state index contributed by atoms with van der Waals surface area (Å²) in [5, 5.41) is 9.99. The molecule has 3 rings (SSSR count). The number of rotatable bonds is 6. The van der Waals surface area contributed by atoms with E-state index in [1.807, 2.05) is 35.2 Å². The van der Waals surface area contributed by atoms with E-state index in [2.05, 4.69) is 27.1 Å². The van der Waals surface area contributed by atoms with Crippen molar-refractivity contribution in [2.75, 3.05) is 19.6 Å². The first-order valence-electron chi connectivity index (χ1n) is 8.83. The molecule has 2 heterocycles. The molecule has 0 atom stereocenters. The number of H-pyrrole nitrogens is 1. The SMILES string of the molecule is C=CC(=O)NCCC(=O)N1CCC(c2nc(-c3ccccc3)n[nH]2)CC1. The Morgan fingerprint density at radius 1 is 1.27 bits per heavy atom. The Kier molecular flexibility index (Phi) is 5.78. The summed E-state index contributed by atoms with van der Waals surface area (Å²) in [4.78, 5) is 29.8. The van der Waals surface area contributed by atoms with Crippen LogP contribution in [0.2, 0.25) is 0 Å². The molecule has 0 spiro atoms. The van der Waals surface area contributed by atoms with Gasteiger partial charge in [-0.05, 0) is 18.9 Å². The molecule has 0 unspecified atom stereocenters. The van der Waals surface area contributed by atoms with Crippen molar-refractivity contribution in [1.82, 2.24) is 25.4 Å². The van der Waals surface area contributed by atoms with Crippen LogP contribution in [0.3, 0.4) is 0 Å². The topological polar surface area (TPSA) is 91.0 Å². The van der Waals surface area contributed by atoms with E-state index in [1.165, 1.54) is 6.08 Å². The number of aromatic nitrogens is 3. The molecule has 1 fully saturated rings. The molecule has 2 aromatic rings. The first-order chi connectivity index (χ1) is 12.7. The zero-order valence-electron chi connectivity index (χ0n) is 14.6. The van der Waals surface area contributed by atoms with Gasteiger partial charge in [0.05, 0.1) is 0 Å². The maximum absolute atomic E-state index is 12.2. The van der Waals surface area contributed by atoms with Crippen LogP contribution in [-0.2, 0) is 9.59 Å². The van der Waals surface area contributed by atoms with Crippen molar-refractivity contribution in [2.45, 2.75) is 25.2 Å². The van der Waals surface area contributed by atoms with E-state index < -0.39 is 0 Å². The Morgan fingerprint density at radius 2 is 2.00 bits per heavy atom. The molecule has 7 heteroatoms. The predicted octanol–water partition coefficient (Wildman–Crippen LogP) is 1.87. The Balaban J connectivity index is 1.49. The van der Waals surface area contributed by atoms with Gasteiger partial charge in [-0.15, -0.1) is 0 Å². The van der Waals surface area contributed by atoms with Crippen LogP contribution >= 0.6 is 0 Å². The van der Waals surface area contributed by atoms with E-state index in [9.17, 15) is 9.59 Å². The fraction of sp³-hybridized carbons (Fsp3) is 0.368. The lowest BCUT2D eigenvalue weighted by atomic mass is 9.96. The van der Waals surface area contributed by atoms with E-state index in [1.54, 1.807) is 0 Å². The van der Waals surface area contributed by atoms with Crippen LogP contribution < -0.4 is 5.32 Å². The summed E-state index contributed by atoms with van der Waals surface area (Å²) in [5.74, 6) is 1.68. The number of nitrogens with one attached hydrogen (secondary N) is 2. The van der Waals surface area contributed by atoms with Gasteiger partial charge < -0.3 is 10.2 Å². The second-order valence-electron chi connectivity index (χ2n) is 6.31. The van der Waals surface area contributed by atoms with Crippen molar-refractivity contribution in [3.8, 4) is 11.4 Å². The van der Waals surface area contributed by atoms with Crippen LogP contribution in [0.25, 0.3) is 11.4 Å². The molecule has 0 radical (unpaired) electrons. The lowest BCUT2D eigenvalue weighted by Gasteiger charge is -2.31. The highest BCUT2D eigenvalue weighted by Gasteiger charge is 2.25. The molecule has 1 aliphatic heterocycles. The van der Waals surface area contributed by atoms with Crippen LogP contribution in [0.1, 0.15) is 31.0 Å². The van der Waals surface area contributed by atoms with Crippen molar-refractivity contribution >= 4 is 11.8 Å². The molecule has 0 aliphatic carbocycles. The molecule has 1 aliphatic rings. The van der Waals surface area contributed by atoms with E-state index in [4.69, 9.17) is 0 Å². The third kappa shape index (κ3) is 4.36. The zero-order valence-corrected chi connectivity index (χ0v) is 14.6. The average Bonchev–Trinajstić information content (AvgIpc) is 3.19. The van der Waals surface area contributed by atoms with Gasteiger partial charge >= 0.3 is 0 Å². The monoisotopic (exact) mass is 353 g/mol. The van der Waals surface area contributed by atoms with Crippen LogP contribution in [-0.4, -0.2) is 51.5 Å². The molecule has 7 nitrogen and oxygen atoms in total. The Morgan fingerprint density at radius 3 is 2.69 bits per heavy atom. The van der Waals surface area contributed by atoms with Crippen molar-refractivity contribution in [1.29, 1.82) is 0 Å². The van der Waals surface area contributed by atoms with Crippen molar-refractivity contribution in [3.63, 3.8) is 0 Å². The van der Waals surface area contributed by atoms with Crippen molar-refractivity contribution < 1.29 is 9.59 Å². The number of piperidine rings is 1. The molecule has 1 aromatic heterocycles. The fourth-order valence-corrected chi connectivity index (χ4v) is 3.10. The van der Waals surface area contributed by atoms with E-state index in [0.29, 0.717) is 31.9 Å². The summed E-state index contributed by atoms with van der Waals surface area (Å²) in [6.07, 6.45) is 3.23. The van der Waals surface area contributed by atoms with Gasteiger partial charge in [0.15, 0.2) is 5.82 Å². The quantitative estimate of drug-likeness (QED) is 0.776. The first-order valence-corrected chi connectivity index (χ1v) is 8.83. The van der Waals surface area contributed by atoms with Crippen LogP contribution in [0.5, 0.6) is 0 Å². The molecule has 0 saturated carbocycles. The lowest BCUT2D eigenvalue weighted by molar-refractivity contribution is -0.132. The molecule has 0 bridgehead atoms. The number of amides is 2. The van der Waals surface area contributed by atoms with Crippen LogP contribution in [0, 0.1) is 0 Å². The highest BCUT2D eigenvalue weighted by molar-refractivity contribution is 5.87. The summed E-state index contributed by atoms with van der Waals surface area (Å²) >= 11 is 0. The molecule has 2 N–H and O–H groups in total. The van der Waals surface area contributed by atoms with Gasteiger partial charge in [-0.2, -0.15) is 5.10 Å². The Bertz CT molecular complexity index is 763. The van der Waals surface area contributed by atoms with E-state index in [0.717, 1.165) is 24.2 Å². The van der Waals surface area contributed by atoms with Crippen molar-refractivity contribution in [3.05, 3.63) is 48.8 Å². The number of likely N-dealkylation sites (tertiary alicyclic amines) is 1.